The fourth-order valence-corrected chi connectivity index (χ4v) is 2.37. The molecule has 0 radical (unpaired) electrons. The first-order chi connectivity index (χ1) is 5.90. The highest BCUT2D eigenvalue weighted by Gasteiger charge is 2.04. The molecule has 0 aliphatic heterocycles. The summed E-state index contributed by atoms with van der Waals surface area (Å²) in [5, 5.41) is 2.96. The minimum absolute atomic E-state index is 0.490. The van der Waals surface area contributed by atoms with Crippen molar-refractivity contribution >= 4 is 34.3 Å². The maximum absolute atomic E-state index is 5.64. The molecule has 0 aromatic carbocycles. The van der Waals surface area contributed by atoms with Gasteiger partial charge in [-0.3, -0.25) is 4.98 Å². The molecule has 0 bridgehead atoms. The van der Waals surface area contributed by atoms with Crippen LogP contribution in [0.25, 0.3) is 10.6 Å². The molecule has 2 heterocycles. The minimum Gasteiger partial charge on any atom is -0.252 e. The summed E-state index contributed by atoms with van der Waals surface area (Å²) in [6.45, 7) is 0. The lowest BCUT2D eigenvalue weighted by Gasteiger charge is -1.85. The van der Waals surface area contributed by atoms with Gasteiger partial charge in [0, 0.05) is 11.6 Å². The summed E-state index contributed by atoms with van der Waals surface area (Å²) >= 11 is 8.81. The number of aromatic nitrogens is 2. The second-order valence-corrected chi connectivity index (χ2v) is 4.22. The Morgan fingerprint density at radius 1 is 1.42 bits per heavy atom. The van der Waals surface area contributed by atoms with Gasteiger partial charge >= 0.3 is 0 Å². The van der Waals surface area contributed by atoms with Crippen LogP contribution in [0, 0.1) is 0 Å². The van der Waals surface area contributed by atoms with Crippen LogP contribution in [0.15, 0.2) is 17.1 Å². The van der Waals surface area contributed by atoms with Crippen molar-refractivity contribution < 1.29 is 0 Å². The average Bonchev–Trinajstić information content (AvgIpc) is 2.75. The average molecular weight is 217 g/mol. The summed E-state index contributed by atoms with van der Waals surface area (Å²) in [6.07, 6.45) is 1.82. The van der Waals surface area contributed by atoms with E-state index in [1.165, 1.54) is 0 Å². The zero-order chi connectivity index (χ0) is 8.39. The third-order valence-corrected chi connectivity index (χ3v) is 3.41. The van der Waals surface area contributed by atoms with Crippen molar-refractivity contribution in [3.05, 3.63) is 22.1 Å². The molecule has 0 amide bonds. The van der Waals surface area contributed by atoms with Crippen LogP contribution < -0.4 is 0 Å². The van der Waals surface area contributed by atoms with E-state index >= 15 is 0 Å². The van der Waals surface area contributed by atoms with Crippen LogP contribution in [0.1, 0.15) is 5.01 Å². The first-order valence-corrected chi connectivity index (χ1v) is 5.59. The minimum atomic E-state index is 0.490. The van der Waals surface area contributed by atoms with Gasteiger partial charge in [0.2, 0.25) is 0 Å². The van der Waals surface area contributed by atoms with Gasteiger partial charge in [0.05, 0.1) is 22.0 Å². The van der Waals surface area contributed by atoms with E-state index in [4.69, 9.17) is 11.6 Å². The monoisotopic (exact) mass is 216 g/mol. The molecular weight excluding hydrogens is 212 g/mol. The number of hydrogen-bond donors (Lipinski definition) is 0. The Labute approximate surface area is 82.9 Å². The van der Waals surface area contributed by atoms with Crippen LogP contribution in [0.5, 0.6) is 0 Å². The van der Waals surface area contributed by atoms with Gasteiger partial charge in [-0.1, -0.05) is 0 Å². The van der Waals surface area contributed by atoms with Crippen molar-refractivity contribution in [1.82, 2.24) is 9.97 Å². The lowest BCUT2D eigenvalue weighted by Crippen LogP contribution is -1.75. The van der Waals surface area contributed by atoms with Crippen molar-refractivity contribution in [3.63, 3.8) is 0 Å². The van der Waals surface area contributed by atoms with Gasteiger partial charge in [0.15, 0.2) is 0 Å². The molecule has 0 unspecified atom stereocenters. The van der Waals surface area contributed by atoms with Crippen molar-refractivity contribution in [3.8, 4) is 10.6 Å². The highest BCUT2D eigenvalue weighted by atomic mass is 35.5. The Bertz CT molecular complexity index is 355. The van der Waals surface area contributed by atoms with Crippen LogP contribution in [-0.2, 0) is 5.88 Å². The molecule has 2 aromatic rings. The molecule has 0 aliphatic rings. The molecule has 2 rings (SSSR count). The number of hydrogen-bond acceptors (Lipinski definition) is 4. The number of halogens is 1. The fourth-order valence-electron chi connectivity index (χ4n) is 0.828. The van der Waals surface area contributed by atoms with Crippen molar-refractivity contribution in [1.29, 1.82) is 0 Å². The Balaban J connectivity index is 2.35. The summed E-state index contributed by atoms with van der Waals surface area (Å²) in [5.74, 6) is 0.490. The Morgan fingerprint density at radius 2 is 2.33 bits per heavy atom. The van der Waals surface area contributed by atoms with E-state index in [0.717, 1.165) is 15.6 Å². The second-order valence-electron chi connectivity index (χ2n) is 2.13. The first kappa shape index (κ1) is 8.16. The van der Waals surface area contributed by atoms with Crippen LogP contribution >= 0.6 is 34.3 Å². The first-order valence-electron chi connectivity index (χ1n) is 3.29. The summed E-state index contributed by atoms with van der Waals surface area (Å²) in [4.78, 5) is 9.41. The van der Waals surface area contributed by atoms with Gasteiger partial charge < -0.3 is 0 Å². The second kappa shape index (κ2) is 3.51. The third kappa shape index (κ3) is 1.50. The Hall–Kier alpha value is -0.450. The molecule has 0 atom stereocenters. The molecule has 2 nitrogen and oxygen atoms in total. The van der Waals surface area contributed by atoms with Crippen molar-refractivity contribution in [2.24, 2.45) is 0 Å². The zero-order valence-electron chi connectivity index (χ0n) is 6.03. The smallest absolute Gasteiger partial charge is 0.108 e. The fraction of sp³-hybridized carbons (Fsp3) is 0.143. The van der Waals surface area contributed by atoms with E-state index in [9.17, 15) is 0 Å². The van der Waals surface area contributed by atoms with Crippen LogP contribution in [0.3, 0.4) is 0 Å². The SMILES string of the molecule is ClCc1nc(-c2cncs2)cs1. The number of thiazole rings is 2. The van der Waals surface area contributed by atoms with Crippen LogP contribution in [0.4, 0.5) is 0 Å². The van der Waals surface area contributed by atoms with E-state index in [1.807, 2.05) is 11.6 Å². The van der Waals surface area contributed by atoms with Gasteiger partial charge in [-0.05, 0) is 0 Å². The molecule has 0 fully saturated rings. The molecule has 62 valence electrons. The summed E-state index contributed by atoms with van der Waals surface area (Å²) in [7, 11) is 0. The quantitative estimate of drug-likeness (QED) is 0.722. The molecule has 0 aliphatic carbocycles. The molecule has 12 heavy (non-hydrogen) atoms. The predicted octanol–water partition coefficient (Wildman–Crippen LogP) is 3.01. The largest absolute Gasteiger partial charge is 0.252 e. The topological polar surface area (TPSA) is 25.8 Å². The maximum Gasteiger partial charge on any atom is 0.108 e. The molecule has 0 saturated carbocycles. The molecule has 2 aromatic heterocycles. The molecule has 0 saturated heterocycles. The highest BCUT2D eigenvalue weighted by Crippen LogP contribution is 2.25. The lowest BCUT2D eigenvalue weighted by molar-refractivity contribution is 1.27. The number of rotatable bonds is 2. The van der Waals surface area contributed by atoms with Crippen LogP contribution in [-0.4, -0.2) is 9.97 Å². The number of alkyl halides is 1. The molecule has 0 spiro atoms. The standard InChI is InChI=1S/C7H5ClN2S2/c8-1-7-10-5(3-11-7)6-2-9-4-12-6/h2-4H,1H2. The van der Waals surface area contributed by atoms with Gasteiger partial charge in [-0.2, -0.15) is 0 Å². The van der Waals surface area contributed by atoms with Crippen molar-refractivity contribution in [2.45, 2.75) is 5.88 Å². The predicted molar refractivity (Wildman–Crippen MR) is 52.8 cm³/mol. The molecular formula is C7H5ClN2S2. The van der Waals surface area contributed by atoms with Gasteiger partial charge in [-0.15, -0.1) is 34.3 Å². The van der Waals surface area contributed by atoms with Crippen LogP contribution in [0.2, 0.25) is 0 Å². The van der Waals surface area contributed by atoms with E-state index in [0.29, 0.717) is 5.88 Å². The van der Waals surface area contributed by atoms with E-state index in [-0.39, 0.29) is 0 Å². The molecule has 0 N–H and O–H groups in total. The third-order valence-electron chi connectivity index (χ3n) is 1.35. The normalized spacial score (nSPS) is 10.4. The van der Waals surface area contributed by atoms with Gasteiger partial charge in [-0.25, -0.2) is 4.98 Å². The van der Waals surface area contributed by atoms with Gasteiger partial charge in [0.1, 0.15) is 5.01 Å². The zero-order valence-corrected chi connectivity index (χ0v) is 8.42. The van der Waals surface area contributed by atoms with E-state index in [1.54, 1.807) is 28.2 Å². The Morgan fingerprint density at radius 3 is 2.92 bits per heavy atom. The summed E-state index contributed by atoms with van der Waals surface area (Å²) in [5.41, 5.74) is 2.79. The van der Waals surface area contributed by atoms with Crippen molar-refractivity contribution in [2.75, 3.05) is 0 Å². The number of nitrogens with zero attached hydrogens (tertiary/aromatic N) is 2. The van der Waals surface area contributed by atoms with E-state index < -0.39 is 0 Å². The lowest BCUT2D eigenvalue weighted by atomic mass is 10.4. The van der Waals surface area contributed by atoms with E-state index in [2.05, 4.69) is 9.97 Å². The highest BCUT2D eigenvalue weighted by molar-refractivity contribution is 7.14. The van der Waals surface area contributed by atoms with Gasteiger partial charge in [0.25, 0.3) is 0 Å². The molecule has 5 heteroatoms. The summed E-state index contributed by atoms with van der Waals surface area (Å²) in [6, 6.07) is 0. The maximum atomic E-state index is 5.64. The summed E-state index contributed by atoms with van der Waals surface area (Å²) < 4.78 is 0. The Kier molecular flexibility index (Phi) is 2.39.